The molecular formula is C27H24N4O. The first-order chi connectivity index (χ1) is 15.7. The predicted molar refractivity (Wildman–Crippen MR) is 131 cm³/mol. The third-order valence-corrected chi connectivity index (χ3v) is 6.28. The summed E-state index contributed by atoms with van der Waals surface area (Å²) in [5.41, 5.74) is 8.13. The Balaban J connectivity index is 1.24. The van der Waals surface area contributed by atoms with Crippen LogP contribution in [0.4, 0.5) is 11.4 Å². The largest absolute Gasteiger partial charge is 0.455 e. The van der Waals surface area contributed by atoms with Gasteiger partial charge in [-0.15, -0.1) is 0 Å². The summed E-state index contributed by atoms with van der Waals surface area (Å²) >= 11 is 0. The molecule has 5 heteroatoms. The van der Waals surface area contributed by atoms with Crippen LogP contribution in [0, 0.1) is 6.92 Å². The lowest BCUT2D eigenvalue weighted by molar-refractivity contribution is 0.607. The molecule has 0 radical (unpaired) electrons. The van der Waals surface area contributed by atoms with Gasteiger partial charge in [-0.1, -0.05) is 36.4 Å². The number of anilines is 2. The maximum absolute atomic E-state index is 6.11. The Kier molecular flexibility index (Phi) is 4.53. The highest BCUT2D eigenvalue weighted by Crippen LogP contribution is 2.29. The summed E-state index contributed by atoms with van der Waals surface area (Å²) in [5, 5.41) is 14.6. The van der Waals surface area contributed by atoms with E-state index in [4.69, 9.17) is 9.52 Å². The maximum Gasteiger partial charge on any atom is 0.148 e. The molecule has 5 nitrogen and oxygen atoms in total. The molecule has 2 aliphatic rings. The summed E-state index contributed by atoms with van der Waals surface area (Å²) in [5.74, 6) is 0.759. The van der Waals surface area contributed by atoms with Gasteiger partial charge in [0.1, 0.15) is 11.3 Å². The van der Waals surface area contributed by atoms with E-state index in [1.54, 1.807) is 0 Å². The Morgan fingerprint density at radius 2 is 1.41 bits per heavy atom. The van der Waals surface area contributed by atoms with Crippen LogP contribution in [0.2, 0.25) is 0 Å². The third kappa shape index (κ3) is 3.36. The van der Waals surface area contributed by atoms with Crippen molar-refractivity contribution in [3.8, 4) is 0 Å². The van der Waals surface area contributed by atoms with Gasteiger partial charge in [0, 0.05) is 18.5 Å². The van der Waals surface area contributed by atoms with E-state index in [0.29, 0.717) is 0 Å². The number of para-hydroxylation sites is 2. The summed E-state index contributed by atoms with van der Waals surface area (Å²) in [6.07, 6.45) is 5.80. The number of rotatable bonds is 4. The van der Waals surface area contributed by atoms with Gasteiger partial charge >= 0.3 is 0 Å². The van der Waals surface area contributed by atoms with Crippen LogP contribution >= 0.6 is 0 Å². The molecule has 0 saturated heterocycles. The zero-order valence-corrected chi connectivity index (χ0v) is 18.0. The fourth-order valence-electron chi connectivity index (χ4n) is 4.64. The van der Waals surface area contributed by atoms with E-state index < -0.39 is 0 Å². The van der Waals surface area contributed by atoms with Gasteiger partial charge in [-0.3, -0.25) is 10.0 Å². The van der Waals surface area contributed by atoms with Crippen LogP contribution in [-0.2, 0) is 12.8 Å². The molecule has 0 atom stereocenters. The average molecular weight is 421 g/mol. The molecule has 0 N–H and O–H groups in total. The molecule has 0 spiro atoms. The molecule has 1 aromatic heterocycles. The Labute approximate surface area is 187 Å². The second-order valence-electron chi connectivity index (χ2n) is 8.39. The van der Waals surface area contributed by atoms with Crippen molar-refractivity contribution in [1.82, 2.24) is 0 Å². The summed E-state index contributed by atoms with van der Waals surface area (Å²) in [6.45, 7) is 3.92. The highest BCUT2D eigenvalue weighted by Gasteiger charge is 2.18. The van der Waals surface area contributed by atoms with Crippen molar-refractivity contribution >= 4 is 34.8 Å². The van der Waals surface area contributed by atoms with Gasteiger partial charge in [-0.2, -0.15) is 10.2 Å². The number of aryl methyl sites for hydroxylation is 1. The molecule has 0 aliphatic carbocycles. The van der Waals surface area contributed by atoms with Gasteiger partial charge in [-0.25, -0.2) is 0 Å². The monoisotopic (exact) mass is 420 g/mol. The normalized spacial score (nSPS) is 15.4. The minimum atomic E-state index is 0.759. The number of fused-ring (bicyclic) bond motifs is 3. The number of hydrazone groups is 2. The van der Waals surface area contributed by atoms with Crippen LogP contribution in [0.25, 0.3) is 11.0 Å². The van der Waals surface area contributed by atoms with Crippen molar-refractivity contribution < 1.29 is 4.42 Å². The third-order valence-electron chi connectivity index (χ3n) is 6.28. The first-order valence-electron chi connectivity index (χ1n) is 11.1. The van der Waals surface area contributed by atoms with Crippen LogP contribution in [0.5, 0.6) is 0 Å². The Bertz CT molecular complexity index is 1370. The van der Waals surface area contributed by atoms with Gasteiger partial charge in [-0.05, 0) is 72.4 Å². The minimum absolute atomic E-state index is 0.759. The molecule has 158 valence electrons. The highest BCUT2D eigenvalue weighted by atomic mass is 16.3. The number of nitrogens with zero attached hydrogens (tertiary/aromatic N) is 4. The fourth-order valence-corrected chi connectivity index (χ4v) is 4.64. The van der Waals surface area contributed by atoms with Crippen molar-refractivity contribution in [1.29, 1.82) is 0 Å². The zero-order chi connectivity index (χ0) is 21.5. The van der Waals surface area contributed by atoms with Crippen molar-refractivity contribution in [3.05, 3.63) is 94.7 Å². The molecule has 3 aromatic carbocycles. The van der Waals surface area contributed by atoms with Gasteiger partial charge in [0.25, 0.3) is 0 Å². The average Bonchev–Trinajstić information content (AvgIpc) is 3.53. The van der Waals surface area contributed by atoms with E-state index >= 15 is 0 Å². The topological polar surface area (TPSA) is 44.3 Å². The molecule has 6 rings (SSSR count). The van der Waals surface area contributed by atoms with E-state index in [0.717, 1.165) is 48.2 Å². The SMILES string of the molecule is Cc1cc(C=NN2CCc3ccccc32)cc2oc(C=NN3CCc4ccccc43)cc12. The molecule has 0 bridgehead atoms. The summed E-state index contributed by atoms with van der Waals surface area (Å²) in [7, 11) is 0. The number of furan rings is 1. The minimum Gasteiger partial charge on any atom is -0.455 e. The number of hydrogen-bond acceptors (Lipinski definition) is 5. The zero-order valence-electron chi connectivity index (χ0n) is 18.0. The molecule has 0 unspecified atom stereocenters. The van der Waals surface area contributed by atoms with Crippen LogP contribution in [0.15, 0.2) is 81.4 Å². The lowest BCUT2D eigenvalue weighted by Crippen LogP contribution is -2.12. The van der Waals surface area contributed by atoms with Crippen molar-refractivity contribution in [3.63, 3.8) is 0 Å². The molecule has 0 fully saturated rings. The van der Waals surface area contributed by atoms with E-state index in [2.05, 4.69) is 83.8 Å². The van der Waals surface area contributed by atoms with Crippen molar-refractivity contribution in [2.24, 2.45) is 10.2 Å². The molecule has 2 aliphatic heterocycles. The quantitative estimate of drug-likeness (QED) is 0.408. The second kappa shape index (κ2) is 7.68. The van der Waals surface area contributed by atoms with E-state index in [9.17, 15) is 0 Å². The van der Waals surface area contributed by atoms with Crippen LogP contribution in [0.1, 0.15) is 28.0 Å². The highest BCUT2D eigenvalue weighted by molar-refractivity contribution is 5.93. The lowest BCUT2D eigenvalue weighted by atomic mass is 10.1. The smallest absolute Gasteiger partial charge is 0.148 e. The predicted octanol–water partition coefficient (Wildman–Crippen LogP) is 5.53. The molecule has 0 saturated carbocycles. The van der Waals surface area contributed by atoms with E-state index in [1.165, 1.54) is 28.1 Å². The summed E-state index contributed by atoms with van der Waals surface area (Å²) in [4.78, 5) is 0. The summed E-state index contributed by atoms with van der Waals surface area (Å²) < 4.78 is 6.11. The van der Waals surface area contributed by atoms with Gasteiger partial charge in [0.15, 0.2) is 0 Å². The van der Waals surface area contributed by atoms with Crippen molar-refractivity contribution in [2.75, 3.05) is 23.1 Å². The number of hydrogen-bond donors (Lipinski definition) is 0. The molecule has 0 amide bonds. The molecule has 3 heterocycles. The van der Waals surface area contributed by atoms with Crippen LogP contribution in [-0.4, -0.2) is 25.5 Å². The summed E-state index contributed by atoms with van der Waals surface area (Å²) in [6, 6.07) is 23.1. The fraction of sp³-hybridized carbons (Fsp3) is 0.185. The van der Waals surface area contributed by atoms with Gasteiger partial charge in [0.2, 0.25) is 0 Å². The molecule has 32 heavy (non-hydrogen) atoms. The van der Waals surface area contributed by atoms with Crippen LogP contribution < -0.4 is 10.0 Å². The first kappa shape index (κ1) is 18.9. The van der Waals surface area contributed by atoms with Crippen LogP contribution in [0.3, 0.4) is 0 Å². The Morgan fingerprint density at radius 3 is 2.09 bits per heavy atom. The van der Waals surface area contributed by atoms with E-state index in [1.807, 2.05) is 17.4 Å². The first-order valence-corrected chi connectivity index (χ1v) is 11.1. The standard InChI is InChI=1S/C27H24N4O/c1-19-14-20(17-28-30-12-10-21-6-2-4-8-25(21)30)15-27-24(19)16-23(32-27)18-29-31-13-11-22-7-3-5-9-26(22)31/h2-9,14-18H,10-13H2,1H3. The van der Waals surface area contributed by atoms with Crippen molar-refractivity contribution in [2.45, 2.75) is 19.8 Å². The molecular weight excluding hydrogens is 396 g/mol. The van der Waals surface area contributed by atoms with Gasteiger partial charge in [0.05, 0.1) is 23.8 Å². The van der Waals surface area contributed by atoms with E-state index in [-0.39, 0.29) is 0 Å². The number of benzene rings is 3. The van der Waals surface area contributed by atoms with Gasteiger partial charge < -0.3 is 4.42 Å². The Morgan fingerprint density at radius 1 is 0.781 bits per heavy atom. The second-order valence-corrected chi connectivity index (χ2v) is 8.39. The lowest BCUT2D eigenvalue weighted by Gasteiger charge is -2.12. The molecule has 4 aromatic rings. The Hall–Kier alpha value is -3.86. The maximum atomic E-state index is 6.11.